The van der Waals surface area contributed by atoms with Crippen molar-refractivity contribution in [1.82, 2.24) is 5.32 Å². The van der Waals surface area contributed by atoms with Crippen LogP contribution in [-0.2, 0) is 9.59 Å². The van der Waals surface area contributed by atoms with Gasteiger partial charge in [-0.15, -0.1) is 0 Å². The van der Waals surface area contributed by atoms with Crippen molar-refractivity contribution in [3.8, 4) is 17.6 Å². The smallest absolute Gasteiger partial charge is 0.262 e. The second-order valence-electron chi connectivity index (χ2n) is 5.85. The number of hydrogen-bond donors (Lipinski definition) is 2. The molecule has 2 amide bonds. The van der Waals surface area contributed by atoms with Crippen molar-refractivity contribution >= 4 is 23.6 Å². The van der Waals surface area contributed by atoms with E-state index in [2.05, 4.69) is 10.6 Å². The zero-order valence-corrected chi connectivity index (χ0v) is 16.3. The molecule has 0 atom stereocenters. The molecule has 156 valence electrons. The van der Waals surface area contributed by atoms with Crippen molar-refractivity contribution in [2.45, 2.75) is 6.92 Å². The maximum Gasteiger partial charge on any atom is 0.262 e. The van der Waals surface area contributed by atoms with Crippen LogP contribution in [0, 0.1) is 23.0 Å². The van der Waals surface area contributed by atoms with Gasteiger partial charge < -0.3 is 20.1 Å². The van der Waals surface area contributed by atoms with Crippen molar-refractivity contribution in [2.75, 3.05) is 25.6 Å². The number of rotatable bonds is 8. The maximum absolute atomic E-state index is 13.6. The summed E-state index contributed by atoms with van der Waals surface area (Å²) >= 11 is 0. The lowest BCUT2D eigenvalue weighted by molar-refractivity contribution is -0.118. The summed E-state index contributed by atoms with van der Waals surface area (Å²) in [5.74, 6) is -2.31. The number of benzene rings is 2. The quantitative estimate of drug-likeness (QED) is 0.510. The van der Waals surface area contributed by atoms with Crippen LogP contribution < -0.4 is 20.1 Å². The molecule has 30 heavy (non-hydrogen) atoms. The van der Waals surface area contributed by atoms with Crippen LogP contribution in [0.15, 0.2) is 42.0 Å². The predicted octanol–water partition coefficient (Wildman–Crippen LogP) is 3.03. The molecule has 0 unspecified atom stereocenters. The molecule has 2 N–H and O–H groups in total. The number of ether oxygens (including phenoxy) is 2. The van der Waals surface area contributed by atoms with E-state index in [1.807, 2.05) is 6.07 Å². The van der Waals surface area contributed by atoms with Gasteiger partial charge in [-0.1, -0.05) is 6.07 Å². The van der Waals surface area contributed by atoms with Crippen LogP contribution in [0.5, 0.6) is 11.5 Å². The molecule has 7 nitrogen and oxygen atoms in total. The number of carbonyl (C=O) groups is 2. The first-order valence-electron chi connectivity index (χ1n) is 8.86. The first-order valence-corrected chi connectivity index (χ1v) is 8.86. The number of amides is 2. The number of nitrogens with one attached hydrogen (secondary N) is 2. The van der Waals surface area contributed by atoms with E-state index in [0.717, 1.165) is 12.1 Å². The first-order chi connectivity index (χ1) is 14.4. The van der Waals surface area contributed by atoms with Crippen molar-refractivity contribution < 1.29 is 27.8 Å². The molecule has 0 spiro atoms. The lowest BCUT2D eigenvalue weighted by Crippen LogP contribution is -2.21. The van der Waals surface area contributed by atoms with Gasteiger partial charge in [0.1, 0.15) is 23.3 Å². The second kappa shape index (κ2) is 10.6. The highest BCUT2D eigenvalue weighted by Crippen LogP contribution is 2.29. The molecule has 0 radical (unpaired) electrons. The molecule has 2 rings (SSSR count). The lowest BCUT2D eigenvalue weighted by atomic mass is 10.1. The molecule has 2 aromatic rings. The molecule has 0 saturated heterocycles. The Kier molecular flexibility index (Phi) is 7.88. The van der Waals surface area contributed by atoms with Gasteiger partial charge in [-0.25, -0.2) is 8.78 Å². The fourth-order valence-corrected chi connectivity index (χ4v) is 2.37. The summed E-state index contributed by atoms with van der Waals surface area (Å²) in [6.45, 7) is 1.60. The van der Waals surface area contributed by atoms with E-state index in [9.17, 15) is 18.4 Å². The minimum atomic E-state index is -0.904. The van der Waals surface area contributed by atoms with Gasteiger partial charge >= 0.3 is 0 Å². The zero-order chi connectivity index (χ0) is 22.1. The van der Waals surface area contributed by atoms with Gasteiger partial charge in [0.2, 0.25) is 0 Å². The van der Waals surface area contributed by atoms with E-state index in [1.165, 1.54) is 19.2 Å². The van der Waals surface area contributed by atoms with Gasteiger partial charge in [-0.05, 0) is 42.8 Å². The normalized spacial score (nSPS) is 10.7. The van der Waals surface area contributed by atoms with Crippen LogP contribution >= 0.6 is 0 Å². The molecule has 0 bridgehead atoms. The Hall–Kier alpha value is -3.93. The Morgan fingerprint density at radius 2 is 1.90 bits per heavy atom. The van der Waals surface area contributed by atoms with E-state index in [1.54, 1.807) is 19.1 Å². The largest absolute Gasteiger partial charge is 0.490 e. The van der Waals surface area contributed by atoms with E-state index in [-0.39, 0.29) is 17.0 Å². The van der Waals surface area contributed by atoms with Crippen LogP contribution in [-0.4, -0.2) is 32.1 Å². The Balaban J connectivity index is 2.13. The van der Waals surface area contributed by atoms with Crippen LogP contribution in [0.3, 0.4) is 0 Å². The van der Waals surface area contributed by atoms with Gasteiger partial charge in [0, 0.05) is 13.1 Å². The number of halogens is 2. The molecule has 0 aromatic heterocycles. The Bertz CT molecular complexity index is 1020. The van der Waals surface area contributed by atoms with Crippen molar-refractivity contribution in [3.05, 3.63) is 59.2 Å². The molecule has 0 aliphatic rings. The standard InChI is InChI=1S/C21H19F2N3O4/c1-3-29-19-9-13(8-14(11-24)21(28)25-2)4-7-18(19)30-12-20(27)26-17-6-5-15(22)10-16(17)23/h4-10H,3,12H2,1-2H3,(H,25,28)(H,26,27). The van der Waals surface area contributed by atoms with E-state index in [0.29, 0.717) is 24.0 Å². The average Bonchev–Trinajstić information content (AvgIpc) is 2.73. The maximum atomic E-state index is 13.6. The van der Waals surface area contributed by atoms with Crippen LogP contribution in [0.4, 0.5) is 14.5 Å². The third-order valence-corrected chi connectivity index (χ3v) is 3.73. The number of likely N-dealkylation sites (N-methyl/N-ethyl adjacent to an activating group) is 1. The molecule has 0 fully saturated rings. The number of anilines is 1. The van der Waals surface area contributed by atoms with Crippen molar-refractivity contribution in [1.29, 1.82) is 5.26 Å². The summed E-state index contributed by atoms with van der Waals surface area (Å²) in [5, 5.41) is 13.7. The Morgan fingerprint density at radius 3 is 2.53 bits per heavy atom. The van der Waals surface area contributed by atoms with Gasteiger partial charge in [0.15, 0.2) is 18.1 Å². The summed E-state index contributed by atoms with van der Waals surface area (Å²) < 4.78 is 37.5. The lowest BCUT2D eigenvalue weighted by Gasteiger charge is -2.13. The van der Waals surface area contributed by atoms with Crippen LogP contribution in [0.2, 0.25) is 0 Å². The molecule has 0 heterocycles. The topological polar surface area (TPSA) is 100 Å². The van der Waals surface area contributed by atoms with E-state index in [4.69, 9.17) is 14.7 Å². The minimum absolute atomic E-state index is 0.0886. The molecule has 9 heteroatoms. The minimum Gasteiger partial charge on any atom is -0.490 e. The van der Waals surface area contributed by atoms with E-state index < -0.39 is 30.1 Å². The third kappa shape index (κ3) is 6.04. The van der Waals surface area contributed by atoms with E-state index >= 15 is 0 Å². The number of hydrogen-bond acceptors (Lipinski definition) is 5. The third-order valence-electron chi connectivity index (χ3n) is 3.73. The van der Waals surface area contributed by atoms with Crippen LogP contribution in [0.25, 0.3) is 6.08 Å². The monoisotopic (exact) mass is 415 g/mol. The van der Waals surface area contributed by atoms with Gasteiger partial charge in [-0.2, -0.15) is 5.26 Å². The molecular formula is C21H19F2N3O4. The van der Waals surface area contributed by atoms with Crippen LogP contribution in [0.1, 0.15) is 12.5 Å². The zero-order valence-electron chi connectivity index (χ0n) is 16.3. The Morgan fingerprint density at radius 1 is 1.13 bits per heavy atom. The molecule has 0 aliphatic carbocycles. The first kappa shape index (κ1) is 22.4. The second-order valence-corrected chi connectivity index (χ2v) is 5.85. The van der Waals surface area contributed by atoms with Crippen molar-refractivity contribution in [3.63, 3.8) is 0 Å². The summed E-state index contributed by atoms with van der Waals surface area (Å²) in [6, 6.07) is 9.24. The molecule has 2 aromatic carbocycles. The van der Waals surface area contributed by atoms with Gasteiger partial charge in [-0.3, -0.25) is 9.59 Å². The highest BCUT2D eigenvalue weighted by Gasteiger charge is 2.12. The number of nitrogens with zero attached hydrogens (tertiary/aromatic N) is 1. The Labute approximate surface area is 171 Å². The number of carbonyl (C=O) groups excluding carboxylic acids is 2. The average molecular weight is 415 g/mol. The molecule has 0 aliphatic heterocycles. The summed E-state index contributed by atoms with van der Waals surface area (Å²) in [6.07, 6.45) is 1.38. The summed E-state index contributed by atoms with van der Waals surface area (Å²) in [7, 11) is 1.42. The predicted molar refractivity (Wildman–Crippen MR) is 106 cm³/mol. The fourth-order valence-electron chi connectivity index (χ4n) is 2.37. The summed E-state index contributed by atoms with van der Waals surface area (Å²) in [5.41, 5.74) is 0.256. The van der Waals surface area contributed by atoms with Gasteiger partial charge in [0.05, 0.1) is 12.3 Å². The highest BCUT2D eigenvalue weighted by molar-refractivity contribution is 6.01. The van der Waals surface area contributed by atoms with Crippen molar-refractivity contribution in [2.24, 2.45) is 0 Å². The summed E-state index contributed by atoms with van der Waals surface area (Å²) in [4.78, 5) is 23.7. The fraction of sp³-hybridized carbons (Fsp3) is 0.190. The molecular weight excluding hydrogens is 396 g/mol. The molecule has 0 saturated carbocycles. The SMILES string of the molecule is CCOc1cc(C=C(C#N)C(=O)NC)ccc1OCC(=O)Nc1ccc(F)cc1F. The highest BCUT2D eigenvalue weighted by atomic mass is 19.1. The number of nitriles is 1. The van der Waals surface area contributed by atoms with Gasteiger partial charge in [0.25, 0.3) is 11.8 Å².